The number of carbonyl (C=O) groups is 1. The van der Waals surface area contributed by atoms with E-state index >= 15 is 0 Å². The number of amides is 1. The molecular weight excluding hydrogens is 290 g/mol. The van der Waals surface area contributed by atoms with Crippen LogP contribution in [0.3, 0.4) is 0 Å². The summed E-state index contributed by atoms with van der Waals surface area (Å²) in [6.45, 7) is 4.53. The highest BCUT2D eigenvalue weighted by molar-refractivity contribution is 7.89. The van der Waals surface area contributed by atoms with Crippen LogP contribution in [0.25, 0.3) is 0 Å². The molecule has 1 fully saturated rings. The Bertz CT molecular complexity index is 643. The molecule has 1 aliphatic rings. The van der Waals surface area contributed by atoms with Gasteiger partial charge in [-0.3, -0.25) is 4.79 Å². The van der Waals surface area contributed by atoms with Gasteiger partial charge in [0.2, 0.25) is 15.9 Å². The Morgan fingerprint density at radius 1 is 1.43 bits per heavy atom. The normalized spacial score (nSPS) is 23.0. The number of sulfonamides is 1. The first-order valence-electron chi connectivity index (χ1n) is 6.96. The van der Waals surface area contributed by atoms with Crippen molar-refractivity contribution >= 4 is 15.9 Å². The van der Waals surface area contributed by atoms with Gasteiger partial charge in [0.15, 0.2) is 0 Å². The van der Waals surface area contributed by atoms with E-state index in [0.29, 0.717) is 5.56 Å². The van der Waals surface area contributed by atoms with E-state index in [-0.39, 0.29) is 22.5 Å². The molecule has 0 spiro atoms. The molecule has 2 atom stereocenters. The summed E-state index contributed by atoms with van der Waals surface area (Å²) in [5, 5.41) is 3.27. The number of nitrogens with one attached hydrogen (secondary N) is 2. The average Bonchev–Trinajstić information content (AvgIpc) is 2.38. The summed E-state index contributed by atoms with van der Waals surface area (Å²) in [7, 11) is -3.64. The van der Waals surface area contributed by atoms with E-state index in [0.717, 1.165) is 19.4 Å². The molecule has 1 saturated heterocycles. The zero-order valence-electron chi connectivity index (χ0n) is 12.2. The van der Waals surface area contributed by atoms with Crippen molar-refractivity contribution in [3.05, 3.63) is 29.3 Å². The van der Waals surface area contributed by atoms with Crippen molar-refractivity contribution in [1.82, 2.24) is 10.0 Å². The number of nitrogens with two attached hydrogens (primary N) is 1. The minimum atomic E-state index is -3.64. The second kappa shape index (κ2) is 6.13. The first-order valence-corrected chi connectivity index (χ1v) is 8.44. The van der Waals surface area contributed by atoms with Crippen LogP contribution in [-0.2, 0) is 10.0 Å². The fourth-order valence-electron chi connectivity index (χ4n) is 2.56. The van der Waals surface area contributed by atoms with Crippen molar-refractivity contribution in [2.24, 2.45) is 5.73 Å². The topological polar surface area (TPSA) is 101 Å². The first kappa shape index (κ1) is 15.9. The summed E-state index contributed by atoms with van der Waals surface area (Å²) >= 11 is 0. The maximum atomic E-state index is 12.4. The van der Waals surface area contributed by atoms with Crippen LogP contribution in [0.4, 0.5) is 0 Å². The number of hydrogen-bond acceptors (Lipinski definition) is 4. The summed E-state index contributed by atoms with van der Waals surface area (Å²) in [5.41, 5.74) is 6.16. The zero-order valence-corrected chi connectivity index (χ0v) is 13.0. The summed E-state index contributed by atoms with van der Waals surface area (Å²) in [4.78, 5) is 11.4. The summed E-state index contributed by atoms with van der Waals surface area (Å²) in [5.74, 6) is -0.625. The average molecular weight is 311 g/mol. The van der Waals surface area contributed by atoms with E-state index in [2.05, 4.69) is 10.0 Å². The zero-order chi connectivity index (χ0) is 15.6. The molecule has 1 heterocycles. The summed E-state index contributed by atoms with van der Waals surface area (Å²) < 4.78 is 27.5. The van der Waals surface area contributed by atoms with E-state index in [1.807, 2.05) is 6.92 Å². The smallest absolute Gasteiger partial charge is 0.249 e. The lowest BCUT2D eigenvalue weighted by molar-refractivity contribution is 0.0999. The van der Waals surface area contributed by atoms with Crippen LogP contribution in [0.5, 0.6) is 0 Å². The first-order chi connectivity index (χ1) is 9.79. The molecular formula is C14H21N3O3S. The monoisotopic (exact) mass is 311 g/mol. The van der Waals surface area contributed by atoms with E-state index in [1.54, 1.807) is 13.0 Å². The van der Waals surface area contributed by atoms with Crippen molar-refractivity contribution in [2.75, 3.05) is 6.54 Å². The molecule has 21 heavy (non-hydrogen) atoms. The molecule has 6 nitrogen and oxygen atoms in total. The number of hydrogen-bond donors (Lipinski definition) is 3. The standard InChI is InChI=1S/C14H21N3O3S/c1-9-3-4-12(8-13(9)14(15)18)21(19,20)17-11-5-6-16-10(2)7-11/h3-4,8,10-11,16-17H,5-7H2,1-2H3,(H2,15,18). The number of piperidine rings is 1. The maximum Gasteiger partial charge on any atom is 0.249 e. The Morgan fingerprint density at radius 3 is 2.76 bits per heavy atom. The number of aryl methyl sites for hydroxylation is 1. The Kier molecular flexibility index (Phi) is 4.65. The molecule has 7 heteroatoms. The van der Waals surface area contributed by atoms with E-state index in [4.69, 9.17) is 5.73 Å². The van der Waals surface area contributed by atoms with Gasteiger partial charge in [-0.05, 0) is 50.9 Å². The van der Waals surface area contributed by atoms with E-state index < -0.39 is 15.9 Å². The van der Waals surface area contributed by atoms with Crippen LogP contribution >= 0.6 is 0 Å². The largest absolute Gasteiger partial charge is 0.366 e. The number of carbonyl (C=O) groups excluding carboxylic acids is 1. The van der Waals surface area contributed by atoms with E-state index in [1.165, 1.54) is 12.1 Å². The second-order valence-electron chi connectivity index (χ2n) is 5.54. The molecule has 0 bridgehead atoms. The van der Waals surface area contributed by atoms with Gasteiger partial charge in [-0.25, -0.2) is 13.1 Å². The molecule has 2 rings (SSSR count). The van der Waals surface area contributed by atoms with Gasteiger partial charge in [0.1, 0.15) is 0 Å². The van der Waals surface area contributed by atoms with Gasteiger partial charge in [0.05, 0.1) is 4.90 Å². The minimum absolute atomic E-state index is 0.0769. The lowest BCUT2D eigenvalue weighted by Crippen LogP contribution is -2.46. The van der Waals surface area contributed by atoms with Crippen molar-refractivity contribution in [3.8, 4) is 0 Å². The highest BCUT2D eigenvalue weighted by atomic mass is 32.2. The molecule has 0 aliphatic carbocycles. The fourth-order valence-corrected chi connectivity index (χ4v) is 3.87. The molecule has 0 radical (unpaired) electrons. The molecule has 0 saturated carbocycles. The maximum absolute atomic E-state index is 12.4. The predicted molar refractivity (Wildman–Crippen MR) is 80.5 cm³/mol. The molecule has 1 aromatic carbocycles. The highest BCUT2D eigenvalue weighted by Crippen LogP contribution is 2.17. The Balaban J connectivity index is 2.23. The van der Waals surface area contributed by atoms with Gasteiger partial charge in [0, 0.05) is 17.6 Å². The molecule has 1 aromatic rings. The number of rotatable bonds is 4. The number of benzene rings is 1. The van der Waals surface area contributed by atoms with Gasteiger partial charge in [-0.15, -0.1) is 0 Å². The van der Waals surface area contributed by atoms with Crippen molar-refractivity contribution in [1.29, 1.82) is 0 Å². The molecule has 0 aromatic heterocycles. The summed E-state index contributed by atoms with van der Waals surface area (Å²) in [6, 6.07) is 4.62. The van der Waals surface area contributed by atoms with Gasteiger partial charge in [-0.1, -0.05) is 6.07 Å². The van der Waals surface area contributed by atoms with Crippen LogP contribution in [0, 0.1) is 6.92 Å². The molecule has 2 unspecified atom stereocenters. The van der Waals surface area contributed by atoms with Crippen LogP contribution < -0.4 is 15.8 Å². The molecule has 1 amide bonds. The van der Waals surface area contributed by atoms with Gasteiger partial charge in [0.25, 0.3) is 0 Å². The van der Waals surface area contributed by atoms with Crippen molar-refractivity contribution in [3.63, 3.8) is 0 Å². The SMILES string of the molecule is Cc1ccc(S(=O)(=O)NC2CCNC(C)C2)cc1C(N)=O. The molecule has 4 N–H and O–H groups in total. The van der Waals surface area contributed by atoms with Crippen molar-refractivity contribution < 1.29 is 13.2 Å². The Labute approximate surface area is 125 Å². The lowest BCUT2D eigenvalue weighted by atomic mass is 10.0. The third-order valence-corrected chi connectivity index (χ3v) is 5.25. The fraction of sp³-hybridized carbons (Fsp3) is 0.500. The quantitative estimate of drug-likeness (QED) is 0.754. The third kappa shape index (κ3) is 3.81. The minimum Gasteiger partial charge on any atom is -0.366 e. The van der Waals surface area contributed by atoms with Crippen LogP contribution in [0.2, 0.25) is 0 Å². The van der Waals surface area contributed by atoms with Crippen LogP contribution in [-0.4, -0.2) is 33.0 Å². The van der Waals surface area contributed by atoms with Gasteiger partial charge < -0.3 is 11.1 Å². The Morgan fingerprint density at radius 2 is 2.14 bits per heavy atom. The Hall–Kier alpha value is -1.44. The number of primary amides is 1. The highest BCUT2D eigenvalue weighted by Gasteiger charge is 2.25. The molecule has 116 valence electrons. The molecule has 1 aliphatic heterocycles. The van der Waals surface area contributed by atoms with Crippen LogP contribution in [0.15, 0.2) is 23.1 Å². The van der Waals surface area contributed by atoms with Crippen molar-refractivity contribution in [2.45, 2.75) is 43.7 Å². The second-order valence-corrected chi connectivity index (χ2v) is 7.25. The van der Waals surface area contributed by atoms with Gasteiger partial charge >= 0.3 is 0 Å². The predicted octanol–water partition coefficient (Wildman–Crippen LogP) is 0.513. The lowest BCUT2D eigenvalue weighted by Gasteiger charge is -2.28. The van der Waals surface area contributed by atoms with Gasteiger partial charge in [-0.2, -0.15) is 0 Å². The van der Waals surface area contributed by atoms with Crippen LogP contribution in [0.1, 0.15) is 35.7 Å². The van der Waals surface area contributed by atoms with E-state index in [9.17, 15) is 13.2 Å². The third-order valence-electron chi connectivity index (χ3n) is 3.73. The summed E-state index contributed by atoms with van der Waals surface area (Å²) in [6.07, 6.45) is 1.49.